The Morgan fingerprint density at radius 2 is 1.58 bits per heavy atom. The topological polar surface area (TPSA) is 70.4 Å². The zero-order valence-electron chi connectivity index (χ0n) is 13.0. The molecule has 0 amide bonds. The first-order valence-electron chi connectivity index (χ1n) is 6.95. The highest BCUT2D eigenvalue weighted by Crippen LogP contribution is 2.50. The molecule has 10 heteroatoms. The van der Waals surface area contributed by atoms with E-state index in [1.54, 1.807) is 6.92 Å². The van der Waals surface area contributed by atoms with Crippen molar-refractivity contribution in [3.63, 3.8) is 0 Å². The Labute approximate surface area is 142 Å². The number of aromatic carboxylic acids is 1. The van der Waals surface area contributed by atoms with Crippen molar-refractivity contribution < 1.29 is 41.4 Å². The van der Waals surface area contributed by atoms with Gasteiger partial charge >= 0.3 is 18.3 Å². The summed E-state index contributed by atoms with van der Waals surface area (Å²) >= 11 is 0. The molecule has 0 aliphatic carbocycles. The number of halogens is 6. The Morgan fingerprint density at radius 3 is 2.00 bits per heavy atom. The zero-order chi connectivity index (χ0) is 19.9. The highest BCUT2D eigenvalue weighted by molar-refractivity contribution is 5.89. The molecule has 0 atom stereocenters. The highest BCUT2D eigenvalue weighted by atomic mass is 19.4. The third kappa shape index (κ3) is 3.36. The van der Waals surface area contributed by atoms with E-state index in [4.69, 9.17) is 5.11 Å². The van der Waals surface area contributed by atoms with Gasteiger partial charge in [-0.1, -0.05) is 6.07 Å². The minimum absolute atomic E-state index is 0.0494. The predicted molar refractivity (Wildman–Crippen MR) is 77.4 cm³/mol. The smallest absolute Gasteiger partial charge is 0.430 e. The Hall–Kier alpha value is -2.62. The number of benzene rings is 1. The van der Waals surface area contributed by atoms with Gasteiger partial charge in [-0.2, -0.15) is 26.3 Å². The van der Waals surface area contributed by atoms with Crippen molar-refractivity contribution in [3.05, 3.63) is 53.2 Å². The molecule has 0 fully saturated rings. The van der Waals surface area contributed by atoms with Gasteiger partial charge in [0.2, 0.25) is 0 Å². The molecule has 0 saturated carbocycles. The van der Waals surface area contributed by atoms with E-state index in [1.807, 2.05) is 0 Å². The van der Waals surface area contributed by atoms with E-state index >= 15 is 0 Å². The second-order valence-electron chi connectivity index (χ2n) is 5.53. The first-order valence-corrected chi connectivity index (χ1v) is 6.95. The lowest BCUT2D eigenvalue weighted by molar-refractivity contribution is -0.376. The van der Waals surface area contributed by atoms with Gasteiger partial charge in [-0.25, -0.2) is 4.79 Å². The van der Waals surface area contributed by atoms with Gasteiger partial charge < -0.3 is 10.2 Å². The van der Waals surface area contributed by atoms with Crippen molar-refractivity contribution in [2.75, 3.05) is 0 Å². The number of hydrogen-bond donors (Lipinski definition) is 2. The molecule has 0 aliphatic heterocycles. The summed E-state index contributed by atoms with van der Waals surface area (Å²) in [4.78, 5) is 15.0. The Bertz CT molecular complexity index is 813. The number of nitrogens with zero attached hydrogens (tertiary/aromatic N) is 1. The van der Waals surface area contributed by atoms with Gasteiger partial charge in [0.25, 0.3) is 5.60 Å². The number of aryl methyl sites for hydroxylation is 1. The fraction of sp³-hybridized carbons (Fsp3) is 0.250. The van der Waals surface area contributed by atoms with Crippen LogP contribution in [0, 0.1) is 6.92 Å². The second-order valence-corrected chi connectivity index (χ2v) is 5.53. The summed E-state index contributed by atoms with van der Waals surface area (Å²) in [5, 5.41) is 18.5. The van der Waals surface area contributed by atoms with Crippen molar-refractivity contribution in [2.24, 2.45) is 0 Å². The maximum atomic E-state index is 13.1. The third-order valence-corrected chi connectivity index (χ3v) is 3.63. The lowest BCUT2D eigenvalue weighted by Crippen LogP contribution is -2.54. The molecule has 0 bridgehead atoms. The minimum Gasteiger partial charge on any atom is -0.478 e. The van der Waals surface area contributed by atoms with Gasteiger partial charge in [-0.05, 0) is 36.8 Å². The number of rotatable bonds is 3. The molecule has 4 nitrogen and oxygen atoms in total. The summed E-state index contributed by atoms with van der Waals surface area (Å²) in [6.07, 6.45) is -10.9. The van der Waals surface area contributed by atoms with Crippen molar-refractivity contribution in [3.8, 4) is 11.3 Å². The first-order chi connectivity index (χ1) is 11.8. The lowest BCUT2D eigenvalue weighted by atomic mass is 9.88. The van der Waals surface area contributed by atoms with Crippen LogP contribution in [0.25, 0.3) is 11.3 Å². The van der Waals surface area contributed by atoms with Crippen molar-refractivity contribution in [1.82, 2.24) is 4.98 Å². The van der Waals surface area contributed by atoms with Crippen LogP contribution >= 0.6 is 0 Å². The van der Waals surface area contributed by atoms with E-state index in [0.29, 0.717) is 11.6 Å². The fourth-order valence-electron chi connectivity index (χ4n) is 2.23. The van der Waals surface area contributed by atoms with Crippen LogP contribution in [0.3, 0.4) is 0 Å². The molecule has 0 saturated heterocycles. The number of carboxylic acids is 1. The van der Waals surface area contributed by atoms with Gasteiger partial charge in [0.05, 0.1) is 11.3 Å². The van der Waals surface area contributed by atoms with E-state index in [0.717, 1.165) is 6.07 Å². The number of hydrogen-bond acceptors (Lipinski definition) is 3. The molecule has 0 aliphatic rings. The number of carbonyl (C=O) groups is 1. The monoisotopic (exact) mass is 379 g/mol. The molecular formula is C16H11F6NO3. The van der Waals surface area contributed by atoms with Crippen LogP contribution in [0.1, 0.15) is 21.5 Å². The number of pyridine rings is 1. The average Bonchev–Trinajstić information content (AvgIpc) is 2.52. The maximum Gasteiger partial charge on any atom is 0.430 e. The van der Waals surface area contributed by atoms with Crippen LogP contribution < -0.4 is 0 Å². The third-order valence-electron chi connectivity index (χ3n) is 3.63. The van der Waals surface area contributed by atoms with Crippen molar-refractivity contribution in [2.45, 2.75) is 24.9 Å². The number of aromatic nitrogens is 1. The summed E-state index contributed by atoms with van der Waals surface area (Å²) < 4.78 is 78.4. The Morgan fingerprint density at radius 1 is 1.00 bits per heavy atom. The fourth-order valence-corrected chi connectivity index (χ4v) is 2.23. The van der Waals surface area contributed by atoms with Gasteiger partial charge in [0.1, 0.15) is 0 Å². The van der Waals surface area contributed by atoms with Crippen molar-refractivity contribution in [1.29, 1.82) is 0 Å². The lowest BCUT2D eigenvalue weighted by Gasteiger charge is -2.33. The van der Waals surface area contributed by atoms with E-state index in [-0.39, 0.29) is 17.3 Å². The molecule has 1 aromatic heterocycles. The summed E-state index contributed by atoms with van der Waals surface area (Å²) in [6.45, 7) is 1.65. The first kappa shape index (κ1) is 19.7. The van der Waals surface area contributed by atoms with Gasteiger partial charge in [0, 0.05) is 17.3 Å². The normalized spacial score (nSPS) is 12.9. The maximum absolute atomic E-state index is 13.1. The molecule has 2 rings (SSSR count). The molecule has 2 N–H and O–H groups in total. The number of alkyl halides is 6. The number of carboxylic acid groups (broad SMARTS) is 1. The summed E-state index contributed by atoms with van der Waals surface area (Å²) in [7, 11) is 0. The Balaban J connectivity index is 2.79. The van der Waals surface area contributed by atoms with Crippen LogP contribution in [-0.4, -0.2) is 33.5 Å². The summed E-state index contributed by atoms with van der Waals surface area (Å²) in [6, 6.07) is 4.23. The molecular weight excluding hydrogens is 368 g/mol. The molecule has 0 unspecified atom stereocenters. The molecule has 1 heterocycles. The van der Waals surface area contributed by atoms with Gasteiger partial charge in [-0.15, -0.1) is 0 Å². The zero-order valence-corrected chi connectivity index (χ0v) is 13.0. The molecule has 2 aromatic rings. The predicted octanol–water partition coefficient (Wildman–Crippen LogP) is 4.07. The van der Waals surface area contributed by atoms with E-state index in [1.165, 1.54) is 18.3 Å². The van der Waals surface area contributed by atoms with E-state index in [9.17, 15) is 36.2 Å². The molecule has 1 aromatic carbocycles. The largest absolute Gasteiger partial charge is 0.478 e. The number of aliphatic hydroxyl groups is 1. The molecule has 0 spiro atoms. The molecule has 0 radical (unpaired) electrons. The van der Waals surface area contributed by atoms with Crippen LogP contribution in [0.2, 0.25) is 0 Å². The van der Waals surface area contributed by atoms with Crippen LogP contribution in [0.15, 0.2) is 36.5 Å². The highest BCUT2D eigenvalue weighted by Gasteiger charge is 2.71. The Kier molecular flexibility index (Phi) is 4.75. The molecule has 26 heavy (non-hydrogen) atoms. The van der Waals surface area contributed by atoms with Crippen LogP contribution in [0.4, 0.5) is 26.3 Å². The quantitative estimate of drug-likeness (QED) is 0.789. The van der Waals surface area contributed by atoms with Crippen LogP contribution in [-0.2, 0) is 5.60 Å². The summed E-state index contributed by atoms with van der Waals surface area (Å²) in [5.41, 5.74) is -7.43. The average molecular weight is 379 g/mol. The van der Waals surface area contributed by atoms with Crippen LogP contribution in [0.5, 0.6) is 0 Å². The van der Waals surface area contributed by atoms with E-state index < -0.39 is 35.0 Å². The standard InChI is InChI=1S/C16H11F6NO3/c1-8-2-3-12(23-7-8)9-4-10(13(24)25)6-11(5-9)14(26,15(17,18)19)16(20,21)22/h2-7,26H,1H3,(H,24,25). The second kappa shape index (κ2) is 6.27. The summed E-state index contributed by atoms with van der Waals surface area (Å²) in [5.74, 6) is -1.76. The van der Waals surface area contributed by atoms with Gasteiger partial charge in [-0.3, -0.25) is 4.98 Å². The van der Waals surface area contributed by atoms with Crippen molar-refractivity contribution >= 4 is 5.97 Å². The minimum atomic E-state index is -6.12. The van der Waals surface area contributed by atoms with E-state index in [2.05, 4.69) is 4.98 Å². The van der Waals surface area contributed by atoms with Gasteiger partial charge in [0.15, 0.2) is 0 Å². The SMILES string of the molecule is Cc1ccc(-c2cc(C(=O)O)cc(C(O)(C(F)(F)F)C(F)(F)F)c2)nc1. The molecule has 140 valence electrons.